The highest BCUT2D eigenvalue weighted by Crippen LogP contribution is 2.19. The first-order chi connectivity index (χ1) is 14.0. The van der Waals surface area contributed by atoms with Crippen molar-refractivity contribution in [3.05, 3.63) is 90.0 Å². The van der Waals surface area contributed by atoms with Crippen molar-refractivity contribution in [2.24, 2.45) is 0 Å². The SMILES string of the molecule is Cc1ccccc1OC(C)C(=O)Nc1cccc(NC(=O)Cc2ccccc2)c1. The van der Waals surface area contributed by atoms with E-state index in [9.17, 15) is 9.59 Å². The van der Waals surface area contributed by atoms with Gasteiger partial charge in [-0.15, -0.1) is 0 Å². The largest absolute Gasteiger partial charge is 0.481 e. The number of aryl methyl sites for hydroxylation is 1. The van der Waals surface area contributed by atoms with Crippen molar-refractivity contribution in [3.8, 4) is 5.75 Å². The van der Waals surface area contributed by atoms with Crippen LogP contribution < -0.4 is 15.4 Å². The van der Waals surface area contributed by atoms with Crippen molar-refractivity contribution < 1.29 is 14.3 Å². The molecule has 1 unspecified atom stereocenters. The summed E-state index contributed by atoms with van der Waals surface area (Å²) < 4.78 is 5.76. The van der Waals surface area contributed by atoms with E-state index in [1.54, 1.807) is 31.2 Å². The molecule has 0 aromatic heterocycles. The maximum atomic E-state index is 12.5. The van der Waals surface area contributed by atoms with Crippen molar-refractivity contribution in [1.29, 1.82) is 0 Å². The highest BCUT2D eigenvalue weighted by molar-refractivity contribution is 5.96. The van der Waals surface area contributed by atoms with Crippen LogP contribution in [0.4, 0.5) is 11.4 Å². The molecule has 0 heterocycles. The molecule has 0 fully saturated rings. The lowest BCUT2D eigenvalue weighted by Gasteiger charge is -2.16. The average Bonchev–Trinajstić information content (AvgIpc) is 2.70. The van der Waals surface area contributed by atoms with Crippen LogP contribution in [-0.2, 0) is 16.0 Å². The number of benzene rings is 3. The van der Waals surface area contributed by atoms with Crippen LogP contribution in [0.3, 0.4) is 0 Å². The van der Waals surface area contributed by atoms with E-state index in [0.717, 1.165) is 11.1 Å². The van der Waals surface area contributed by atoms with Gasteiger partial charge < -0.3 is 15.4 Å². The zero-order valence-electron chi connectivity index (χ0n) is 16.5. The van der Waals surface area contributed by atoms with E-state index in [1.165, 1.54) is 0 Å². The second-order valence-corrected chi connectivity index (χ2v) is 6.81. The number of nitrogens with one attached hydrogen (secondary N) is 2. The molecular weight excluding hydrogens is 364 g/mol. The first kappa shape index (κ1) is 20.1. The summed E-state index contributed by atoms with van der Waals surface area (Å²) in [4.78, 5) is 24.7. The molecular formula is C24H24N2O3. The Morgan fingerprint density at radius 1 is 0.862 bits per heavy atom. The summed E-state index contributed by atoms with van der Waals surface area (Å²) in [6.45, 7) is 3.63. The van der Waals surface area contributed by atoms with E-state index in [2.05, 4.69) is 10.6 Å². The third kappa shape index (κ3) is 5.94. The van der Waals surface area contributed by atoms with Crippen LogP contribution in [0.5, 0.6) is 5.75 Å². The van der Waals surface area contributed by atoms with Gasteiger partial charge in [-0.25, -0.2) is 0 Å². The fourth-order valence-corrected chi connectivity index (χ4v) is 2.84. The van der Waals surface area contributed by atoms with Gasteiger partial charge in [0.1, 0.15) is 5.75 Å². The molecule has 5 nitrogen and oxygen atoms in total. The van der Waals surface area contributed by atoms with Crippen LogP contribution in [0.15, 0.2) is 78.9 Å². The smallest absolute Gasteiger partial charge is 0.265 e. The number of carbonyl (C=O) groups excluding carboxylic acids is 2. The summed E-state index contributed by atoms with van der Waals surface area (Å²) in [6.07, 6.45) is -0.369. The van der Waals surface area contributed by atoms with Crippen molar-refractivity contribution in [2.45, 2.75) is 26.4 Å². The first-order valence-electron chi connectivity index (χ1n) is 9.48. The minimum atomic E-state index is -0.660. The normalized spacial score (nSPS) is 11.4. The predicted molar refractivity (Wildman–Crippen MR) is 115 cm³/mol. The minimum absolute atomic E-state index is 0.115. The number of amides is 2. The third-order valence-corrected chi connectivity index (χ3v) is 4.39. The zero-order valence-corrected chi connectivity index (χ0v) is 16.5. The van der Waals surface area contributed by atoms with Gasteiger partial charge in [-0.1, -0.05) is 54.6 Å². The molecule has 3 aromatic rings. The van der Waals surface area contributed by atoms with E-state index < -0.39 is 6.10 Å². The molecule has 148 valence electrons. The number of para-hydroxylation sites is 1. The summed E-state index contributed by atoms with van der Waals surface area (Å²) in [5.74, 6) is 0.300. The lowest BCUT2D eigenvalue weighted by atomic mass is 10.1. The van der Waals surface area contributed by atoms with Crippen LogP contribution >= 0.6 is 0 Å². The number of hydrogen-bond acceptors (Lipinski definition) is 3. The molecule has 0 aliphatic carbocycles. The average molecular weight is 388 g/mol. The Morgan fingerprint density at radius 3 is 2.24 bits per heavy atom. The Balaban J connectivity index is 1.58. The van der Waals surface area contributed by atoms with Gasteiger partial charge in [0.05, 0.1) is 6.42 Å². The summed E-state index contributed by atoms with van der Waals surface area (Å²) in [7, 11) is 0. The van der Waals surface area contributed by atoms with Gasteiger partial charge in [0.15, 0.2) is 6.10 Å². The molecule has 0 bridgehead atoms. The van der Waals surface area contributed by atoms with Gasteiger partial charge in [0, 0.05) is 11.4 Å². The number of rotatable bonds is 7. The Hall–Kier alpha value is -3.60. The number of ether oxygens (including phenoxy) is 1. The van der Waals surface area contributed by atoms with E-state index in [1.807, 2.05) is 61.5 Å². The summed E-state index contributed by atoms with van der Waals surface area (Å²) >= 11 is 0. The quantitative estimate of drug-likeness (QED) is 0.622. The van der Waals surface area contributed by atoms with Crippen LogP contribution in [0.25, 0.3) is 0 Å². The van der Waals surface area contributed by atoms with Crippen molar-refractivity contribution >= 4 is 23.2 Å². The monoisotopic (exact) mass is 388 g/mol. The molecule has 0 aliphatic heterocycles. The minimum Gasteiger partial charge on any atom is -0.481 e. The highest BCUT2D eigenvalue weighted by Gasteiger charge is 2.16. The Bertz CT molecular complexity index is 986. The van der Waals surface area contributed by atoms with E-state index >= 15 is 0 Å². The molecule has 5 heteroatoms. The predicted octanol–water partition coefficient (Wildman–Crippen LogP) is 4.58. The van der Waals surface area contributed by atoms with Crippen LogP contribution in [0.2, 0.25) is 0 Å². The maximum absolute atomic E-state index is 12.5. The highest BCUT2D eigenvalue weighted by atomic mass is 16.5. The number of anilines is 2. The second-order valence-electron chi connectivity index (χ2n) is 6.81. The van der Waals surface area contributed by atoms with E-state index in [-0.39, 0.29) is 11.8 Å². The van der Waals surface area contributed by atoms with Gasteiger partial charge >= 0.3 is 0 Å². The Labute approximate surface area is 170 Å². The van der Waals surface area contributed by atoms with Gasteiger partial charge in [-0.3, -0.25) is 9.59 Å². The fraction of sp³-hybridized carbons (Fsp3) is 0.167. The van der Waals surface area contributed by atoms with Crippen LogP contribution in [-0.4, -0.2) is 17.9 Å². The van der Waals surface area contributed by atoms with Gasteiger partial charge in [-0.05, 0) is 49.2 Å². The molecule has 0 aliphatic rings. The molecule has 3 aromatic carbocycles. The molecule has 29 heavy (non-hydrogen) atoms. The molecule has 2 N–H and O–H groups in total. The number of hydrogen-bond donors (Lipinski definition) is 2. The van der Waals surface area contributed by atoms with Gasteiger partial charge in [0.25, 0.3) is 5.91 Å². The van der Waals surface area contributed by atoms with Crippen LogP contribution in [0.1, 0.15) is 18.1 Å². The molecule has 0 spiro atoms. The summed E-state index contributed by atoms with van der Waals surface area (Å²) in [5, 5.41) is 5.69. The summed E-state index contributed by atoms with van der Waals surface area (Å²) in [6, 6.07) is 24.1. The lowest BCUT2D eigenvalue weighted by Crippen LogP contribution is -2.30. The standard InChI is InChI=1S/C24H24N2O3/c1-17-9-6-7-14-22(17)29-18(2)24(28)26-21-13-8-12-20(16-21)25-23(27)15-19-10-4-3-5-11-19/h3-14,16,18H,15H2,1-2H3,(H,25,27)(H,26,28). The van der Waals surface area contributed by atoms with Gasteiger partial charge in [0.2, 0.25) is 5.91 Å². The molecule has 0 radical (unpaired) electrons. The fourth-order valence-electron chi connectivity index (χ4n) is 2.84. The van der Waals surface area contributed by atoms with Crippen LogP contribution in [0, 0.1) is 6.92 Å². The second kappa shape index (κ2) is 9.55. The Morgan fingerprint density at radius 2 is 1.52 bits per heavy atom. The molecule has 0 saturated carbocycles. The third-order valence-electron chi connectivity index (χ3n) is 4.39. The summed E-state index contributed by atoms with van der Waals surface area (Å²) in [5.41, 5.74) is 3.12. The zero-order chi connectivity index (χ0) is 20.6. The van der Waals surface area contributed by atoms with E-state index in [0.29, 0.717) is 23.5 Å². The molecule has 0 saturated heterocycles. The molecule has 1 atom stereocenters. The molecule has 2 amide bonds. The molecule has 3 rings (SSSR count). The Kier molecular flexibility index (Phi) is 6.63. The van der Waals surface area contributed by atoms with E-state index in [4.69, 9.17) is 4.74 Å². The first-order valence-corrected chi connectivity index (χ1v) is 9.48. The topological polar surface area (TPSA) is 67.4 Å². The lowest BCUT2D eigenvalue weighted by molar-refractivity contribution is -0.122. The van der Waals surface area contributed by atoms with Crippen molar-refractivity contribution in [3.63, 3.8) is 0 Å². The van der Waals surface area contributed by atoms with Crippen molar-refractivity contribution in [2.75, 3.05) is 10.6 Å². The number of carbonyl (C=O) groups is 2. The van der Waals surface area contributed by atoms with Gasteiger partial charge in [-0.2, -0.15) is 0 Å². The van der Waals surface area contributed by atoms with Crippen molar-refractivity contribution in [1.82, 2.24) is 0 Å². The maximum Gasteiger partial charge on any atom is 0.265 e.